The lowest BCUT2D eigenvalue weighted by atomic mass is 10.1. The average Bonchev–Trinajstić information content (AvgIpc) is 2.88. The molecule has 0 spiro atoms. The van der Waals surface area contributed by atoms with Crippen LogP contribution >= 0.6 is 27.3 Å². The van der Waals surface area contributed by atoms with Crippen molar-refractivity contribution in [3.63, 3.8) is 0 Å². The van der Waals surface area contributed by atoms with Gasteiger partial charge in [-0.3, -0.25) is 4.79 Å². The Kier molecular flexibility index (Phi) is 2.95. The summed E-state index contributed by atoms with van der Waals surface area (Å²) >= 11 is 5.11. The molecule has 0 amide bonds. The van der Waals surface area contributed by atoms with Crippen molar-refractivity contribution in [2.24, 2.45) is 0 Å². The molecule has 1 aliphatic carbocycles. The van der Waals surface area contributed by atoms with Crippen molar-refractivity contribution < 1.29 is 9.90 Å². The quantitative estimate of drug-likeness (QED) is 0.917. The van der Waals surface area contributed by atoms with Crippen LogP contribution in [0.4, 0.5) is 0 Å². The third kappa shape index (κ3) is 1.87. The third-order valence-electron chi connectivity index (χ3n) is 3.12. The van der Waals surface area contributed by atoms with E-state index in [2.05, 4.69) is 20.9 Å². The number of fused-ring (bicyclic) bond motifs is 1. The summed E-state index contributed by atoms with van der Waals surface area (Å²) in [6.07, 6.45) is 1.51. The maximum Gasteiger partial charge on any atom is 0.312 e. The van der Waals surface area contributed by atoms with E-state index < -0.39 is 11.9 Å². The van der Waals surface area contributed by atoms with E-state index in [1.54, 1.807) is 11.3 Å². The number of carboxylic acids is 1. The van der Waals surface area contributed by atoms with Gasteiger partial charge >= 0.3 is 5.97 Å². The Balaban J connectivity index is 2.05. The molecule has 1 aromatic carbocycles. The molecule has 0 bridgehead atoms. The highest BCUT2D eigenvalue weighted by atomic mass is 79.9. The Bertz CT molecular complexity index is 623. The number of aliphatic carboxylic acids is 1. The van der Waals surface area contributed by atoms with Gasteiger partial charge < -0.3 is 5.11 Å². The molecular weight excluding hydrogens is 314 g/mol. The summed E-state index contributed by atoms with van der Waals surface area (Å²) in [7, 11) is 0. The number of carbonyl (C=O) groups is 1. The van der Waals surface area contributed by atoms with Crippen molar-refractivity contribution in [2.75, 3.05) is 0 Å². The van der Waals surface area contributed by atoms with E-state index in [4.69, 9.17) is 5.11 Å². The van der Waals surface area contributed by atoms with E-state index in [1.165, 1.54) is 0 Å². The van der Waals surface area contributed by atoms with Crippen LogP contribution in [0.15, 0.2) is 28.7 Å². The highest BCUT2D eigenvalue weighted by Crippen LogP contribution is 2.41. The first-order valence-electron chi connectivity index (χ1n) is 5.64. The standard InChI is InChI=1S/C13H10BrNO2S/c14-9-4-2-1-3-7(9)12-15-11-8(13(16)17)5-6-10(11)18-12/h1-4,8H,5-6H2,(H,16,17). The van der Waals surface area contributed by atoms with Crippen molar-refractivity contribution in [3.05, 3.63) is 39.3 Å². The number of rotatable bonds is 2. The van der Waals surface area contributed by atoms with Crippen LogP contribution in [0.25, 0.3) is 10.6 Å². The molecule has 0 radical (unpaired) electrons. The summed E-state index contributed by atoms with van der Waals surface area (Å²) in [6.45, 7) is 0. The normalized spacial score (nSPS) is 17.7. The van der Waals surface area contributed by atoms with Crippen LogP contribution in [0.5, 0.6) is 0 Å². The lowest BCUT2D eigenvalue weighted by molar-refractivity contribution is -0.138. The van der Waals surface area contributed by atoms with Gasteiger partial charge in [0.25, 0.3) is 0 Å². The molecule has 18 heavy (non-hydrogen) atoms. The SMILES string of the molecule is O=C(O)C1CCc2sc(-c3ccccc3Br)nc21. The second kappa shape index (κ2) is 4.48. The zero-order valence-electron chi connectivity index (χ0n) is 9.39. The van der Waals surface area contributed by atoms with Gasteiger partial charge in [-0.15, -0.1) is 11.3 Å². The monoisotopic (exact) mass is 323 g/mol. The molecule has 2 aromatic rings. The van der Waals surface area contributed by atoms with Gasteiger partial charge in [-0.25, -0.2) is 4.98 Å². The van der Waals surface area contributed by atoms with E-state index >= 15 is 0 Å². The molecule has 3 rings (SSSR count). The van der Waals surface area contributed by atoms with Crippen LogP contribution in [0, 0.1) is 0 Å². The van der Waals surface area contributed by atoms with E-state index in [-0.39, 0.29) is 0 Å². The summed E-state index contributed by atoms with van der Waals surface area (Å²) < 4.78 is 0.990. The number of nitrogens with zero attached hydrogens (tertiary/aromatic N) is 1. The van der Waals surface area contributed by atoms with E-state index in [0.717, 1.165) is 32.0 Å². The third-order valence-corrected chi connectivity index (χ3v) is 4.98. The highest BCUT2D eigenvalue weighted by Gasteiger charge is 2.32. The molecule has 3 nitrogen and oxygen atoms in total. The average molecular weight is 324 g/mol. The first kappa shape index (κ1) is 11.9. The van der Waals surface area contributed by atoms with E-state index in [1.807, 2.05) is 24.3 Å². The minimum Gasteiger partial charge on any atom is -0.481 e. The minimum atomic E-state index is -0.766. The van der Waals surface area contributed by atoms with Crippen LogP contribution in [0.2, 0.25) is 0 Å². The van der Waals surface area contributed by atoms with Crippen molar-refractivity contribution in [3.8, 4) is 10.6 Å². The van der Waals surface area contributed by atoms with Crippen molar-refractivity contribution in [1.82, 2.24) is 4.98 Å². The summed E-state index contributed by atoms with van der Waals surface area (Å²) in [5, 5.41) is 10.1. The van der Waals surface area contributed by atoms with Crippen molar-refractivity contribution >= 4 is 33.2 Å². The Morgan fingerprint density at radius 2 is 2.22 bits per heavy atom. The molecule has 92 valence electrons. The molecule has 0 fully saturated rings. The largest absolute Gasteiger partial charge is 0.481 e. The second-order valence-electron chi connectivity index (χ2n) is 4.24. The number of benzene rings is 1. The molecule has 5 heteroatoms. The summed E-state index contributed by atoms with van der Waals surface area (Å²) in [5.41, 5.74) is 1.79. The van der Waals surface area contributed by atoms with Gasteiger partial charge in [0.1, 0.15) is 10.9 Å². The van der Waals surface area contributed by atoms with Gasteiger partial charge in [-0.05, 0) is 18.9 Å². The fourth-order valence-electron chi connectivity index (χ4n) is 2.22. The van der Waals surface area contributed by atoms with Gasteiger partial charge in [0.15, 0.2) is 0 Å². The summed E-state index contributed by atoms with van der Waals surface area (Å²) in [6, 6.07) is 7.88. The summed E-state index contributed by atoms with van der Waals surface area (Å²) in [5.74, 6) is -1.19. The number of thiazole rings is 1. The fourth-order valence-corrected chi connectivity index (χ4v) is 4.00. The van der Waals surface area contributed by atoms with Gasteiger partial charge in [0, 0.05) is 14.9 Å². The van der Waals surface area contributed by atoms with E-state index in [0.29, 0.717) is 6.42 Å². The lowest BCUT2D eigenvalue weighted by Gasteiger charge is -2.02. The van der Waals surface area contributed by atoms with Crippen LogP contribution in [-0.4, -0.2) is 16.1 Å². The summed E-state index contributed by atoms with van der Waals surface area (Å²) in [4.78, 5) is 16.8. The van der Waals surface area contributed by atoms with Gasteiger partial charge in [0.05, 0.1) is 5.69 Å². The Morgan fingerprint density at radius 3 is 2.94 bits per heavy atom. The lowest BCUT2D eigenvalue weighted by Crippen LogP contribution is -2.08. The smallest absolute Gasteiger partial charge is 0.312 e. The molecule has 1 atom stereocenters. The molecule has 1 N–H and O–H groups in total. The number of aryl methyl sites for hydroxylation is 1. The molecular formula is C13H10BrNO2S. The molecule has 0 saturated carbocycles. The maximum atomic E-state index is 11.1. The van der Waals surface area contributed by atoms with Gasteiger partial charge in [0.2, 0.25) is 0 Å². The van der Waals surface area contributed by atoms with Crippen molar-refractivity contribution in [2.45, 2.75) is 18.8 Å². The molecule has 0 saturated heterocycles. The first-order valence-corrected chi connectivity index (χ1v) is 7.25. The molecule has 1 aromatic heterocycles. The fraction of sp³-hybridized carbons (Fsp3) is 0.231. The van der Waals surface area contributed by atoms with Crippen LogP contribution in [-0.2, 0) is 11.2 Å². The Labute approximate surface area is 117 Å². The predicted octanol–water partition coefficient (Wildman–Crippen LogP) is 3.69. The molecule has 0 aliphatic heterocycles. The van der Waals surface area contributed by atoms with Crippen LogP contribution < -0.4 is 0 Å². The van der Waals surface area contributed by atoms with Crippen LogP contribution in [0.3, 0.4) is 0 Å². The number of halogens is 1. The minimum absolute atomic E-state index is 0.424. The first-order chi connectivity index (χ1) is 8.66. The van der Waals surface area contributed by atoms with Crippen LogP contribution in [0.1, 0.15) is 22.9 Å². The van der Waals surface area contributed by atoms with Crippen molar-refractivity contribution in [1.29, 1.82) is 0 Å². The molecule has 1 heterocycles. The number of hydrogen-bond acceptors (Lipinski definition) is 3. The number of aromatic nitrogens is 1. The molecule has 1 unspecified atom stereocenters. The number of carboxylic acid groups (broad SMARTS) is 1. The topological polar surface area (TPSA) is 50.2 Å². The predicted molar refractivity (Wildman–Crippen MR) is 73.9 cm³/mol. The zero-order chi connectivity index (χ0) is 12.7. The Hall–Kier alpha value is -1.20. The second-order valence-corrected chi connectivity index (χ2v) is 6.17. The van der Waals surface area contributed by atoms with Gasteiger partial charge in [-0.2, -0.15) is 0 Å². The number of hydrogen-bond donors (Lipinski definition) is 1. The molecule has 1 aliphatic rings. The zero-order valence-corrected chi connectivity index (χ0v) is 11.8. The van der Waals surface area contributed by atoms with Gasteiger partial charge in [-0.1, -0.05) is 34.1 Å². The Morgan fingerprint density at radius 1 is 1.44 bits per heavy atom. The van der Waals surface area contributed by atoms with E-state index in [9.17, 15) is 4.79 Å². The highest BCUT2D eigenvalue weighted by molar-refractivity contribution is 9.10. The maximum absolute atomic E-state index is 11.1.